The Bertz CT molecular complexity index is 1130. The molecule has 0 bridgehead atoms. The van der Waals surface area contributed by atoms with Crippen LogP contribution >= 0.6 is 23.4 Å². The van der Waals surface area contributed by atoms with Gasteiger partial charge in [0.25, 0.3) is 0 Å². The number of nitrogens with zero attached hydrogens (tertiary/aromatic N) is 2. The molecule has 2 saturated carbocycles. The number of aliphatic hydroxyl groups excluding tert-OH is 1. The van der Waals surface area contributed by atoms with E-state index in [4.69, 9.17) is 21.3 Å². The number of carbonyl (C=O) groups is 1. The average molecular weight is 531 g/mol. The van der Waals surface area contributed by atoms with Crippen LogP contribution in [0.3, 0.4) is 0 Å². The van der Waals surface area contributed by atoms with Gasteiger partial charge in [0.05, 0.1) is 11.0 Å². The predicted octanol–water partition coefficient (Wildman–Crippen LogP) is 8.76. The predicted molar refractivity (Wildman–Crippen MR) is 146 cm³/mol. The molecule has 5 nitrogen and oxygen atoms in total. The first-order valence-corrected chi connectivity index (χ1v) is 15.1. The smallest absolute Gasteiger partial charge is 0.349 e. The fourth-order valence-corrected chi connectivity index (χ4v) is 7.97. The van der Waals surface area contributed by atoms with Gasteiger partial charge in [-0.25, -0.2) is 9.78 Å². The SMILES string of the molecule is CC(C)n1c(SC2=C(O)CC(CCCC3CCCCC3)(C3CCCC3)OC2=O)nc2cc(Cl)ccc21. The van der Waals surface area contributed by atoms with Crippen molar-refractivity contribution in [3.8, 4) is 0 Å². The Hall–Kier alpha value is -1.66. The van der Waals surface area contributed by atoms with Crippen molar-refractivity contribution in [1.29, 1.82) is 0 Å². The lowest BCUT2D eigenvalue weighted by atomic mass is 9.76. The Balaban J connectivity index is 1.38. The van der Waals surface area contributed by atoms with Crippen LogP contribution in [-0.4, -0.2) is 26.2 Å². The Morgan fingerprint density at radius 2 is 1.89 bits per heavy atom. The van der Waals surface area contributed by atoms with E-state index in [0.29, 0.717) is 22.5 Å². The van der Waals surface area contributed by atoms with Crippen LogP contribution in [0.1, 0.15) is 103 Å². The summed E-state index contributed by atoms with van der Waals surface area (Å²) in [5, 5.41) is 12.6. The van der Waals surface area contributed by atoms with Crippen molar-refractivity contribution in [2.45, 2.75) is 114 Å². The standard InChI is InChI=1S/C29H39ClN2O3S/c1-19(2)32-24-15-14-22(30)17-23(24)31-28(32)36-26-25(33)18-29(35-27(26)34,21-12-6-7-13-21)16-8-11-20-9-4-3-5-10-20/h14-15,17,19-21,33H,3-13,16,18H2,1-2H3. The molecule has 0 saturated heterocycles. The Morgan fingerprint density at radius 3 is 2.58 bits per heavy atom. The molecule has 1 unspecified atom stereocenters. The number of thioether (sulfide) groups is 1. The molecule has 1 N–H and O–H groups in total. The average Bonchev–Trinajstić information content (AvgIpc) is 3.50. The van der Waals surface area contributed by atoms with E-state index in [1.54, 1.807) is 0 Å². The summed E-state index contributed by atoms with van der Waals surface area (Å²) >= 11 is 7.42. The third-order valence-corrected chi connectivity index (χ3v) is 9.89. The van der Waals surface area contributed by atoms with Crippen LogP contribution in [0.15, 0.2) is 34.0 Å². The fraction of sp³-hybridized carbons (Fsp3) is 0.655. The Morgan fingerprint density at radius 1 is 1.17 bits per heavy atom. The monoisotopic (exact) mass is 530 g/mol. The van der Waals surface area contributed by atoms with E-state index in [1.807, 2.05) is 18.2 Å². The van der Waals surface area contributed by atoms with Crippen LogP contribution in [0, 0.1) is 11.8 Å². The maximum Gasteiger partial charge on any atom is 0.349 e. The number of benzene rings is 1. The fourth-order valence-electron chi connectivity index (χ4n) is 6.75. The molecule has 5 rings (SSSR count). The zero-order valence-corrected chi connectivity index (χ0v) is 23.2. The normalized spacial score (nSPS) is 24.3. The number of esters is 1. The number of ether oxygens (including phenoxy) is 1. The van der Waals surface area contributed by atoms with Crippen molar-refractivity contribution in [2.24, 2.45) is 11.8 Å². The molecule has 36 heavy (non-hydrogen) atoms. The quantitative estimate of drug-likeness (QED) is 0.345. The number of aromatic nitrogens is 2. The molecule has 1 aliphatic heterocycles. The van der Waals surface area contributed by atoms with Gasteiger partial charge in [0.15, 0.2) is 5.16 Å². The highest BCUT2D eigenvalue weighted by atomic mass is 35.5. The minimum absolute atomic E-state index is 0.137. The minimum Gasteiger partial charge on any atom is -0.511 e. The molecule has 1 aromatic carbocycles. The van der Waals surface area contributed by atoms with Crippen LogP contribution in [0.5, 0.6) is 0 Å². The highest BCUT2D eigenvalue weighted by molar-refractivity contribution is 8.03. The number of carbonyl (C=O) groups excluding carboxylic acids is 1. The first-order chi connectivity index (χ1) is 17.4. The van der Waals surface area contributed by atoms with E-state index >= 15 is 0 Å². The molecule has 196 valence electrons. The first-order valence-electron chi connectivity index (χ1n) is 13.9. The molecule has 2 aromatic rings. The van der Waals surface area contributed by atoms with Crippen molar-refractivity contribution in [3.63, 3.8) is 0 Å². The van der Waals surface area contributed by atoms with Crippen LogP contribution in [0.25, 0.3) is 11.0 Å². The van der Waals surface area contributed by atoms with Gasteiger partial charge in [-0.15, -0.1) is 0 Å². The van der Waals surface area contributed by atoms with E-state index in [2.05, 4.69) is 18.4 Å². The van der Waals surface area contributed by atoms with Crippen molar-refractivity contribution >= 4 is 40.4 Å². The van der Waals surface area contributed by atoms with Gasteiger partial charge in [-0.3, -0.25) is 0 Å². The van der Waals surface area contributed by atoms with E-state index in [9.17, 15) is 9.90 Å². The maximum absolute atomic E-state index is 13.5. The largest absolute Gasteiger partial charge is 0.511 e. The third kappa shape index (κ3) is 5.31. The van der Waals surface area contributed by atoms with Gasteiger partial charge >= 0.3 is 5.97 Å². The summed E-state index contributed by atoms with van der Waals surface area (Å²) in [5.41, 5.74) is 1.18. The lowest BCUT2D eigenvalue weighted by Crippen LogP contribution is -2.45. The van der Waals surface area contributed by atoms with Gasteiger partial charge in [-0.2, -0.15) is 0 Å². The molecule has 1 aromatic heterocycles. The summed E-state index contributed by atoms with van der Waals surface area (Å²) in [4.78, 5) is 18.5. The number of rotatable bonds is 8. The van der Waals surface area contributed by atoms with Crippen LogP contribution in [0.4, 0.5) is 0 Å². The zero-order valence-electron chi connectivity index (χ0n) is 21.6. The number of imidazole rings is 1. The molecule has 2 aliphatic carbocycles. The van der Waals surface area contributed by atoms with Gasteiger partial charge < -0.3 is 14.4 Å². The Kier molecular flexibility index (Phi) is 7.92. The summed E-state index contributed by atoms with van der Waals surface area (Å²) in [6, 6.07) is 5.79. The second-order valence-electron chi connectivity index (χ2n) is 11.4. The summed E-state index contributed by atoms with van der Waals surface area (Å²) in [6.45, 7) is 4.18. The molecule has 3 aliphatic rings. The number of halogens is 1. The van der Waals surface area contributed by atoms with Gasteiger partial charge in [-0.1, -0.05) is 63.0 Å². The second kappa shape index (κ2) is 11.0. The van der Waals surface area contributed by atoms with Gasteiger partial charge in [0, 0.05) is 17.5 Å². The molecule has 2 fully saturated rings. The lowest BCUT2D eigenvalue weighted by molar-refractivity contribution is -0.166. The van der Waals surface area contributed by atoms with Crippen LogP contribution in [-0.2, 0) is 9.53 Å². The highest BCUT2D eigenvalue weighted by Crippen LogP contribution is 2.48. The molecule has 0 radical (unpaired) electrons. The van der Waals surface area contributed by atoms with E-state index < -0.39 is 11.6 Å². The number of hydrogen-bond acceptors (Lipinski definition) is 5. The summed E-state index contributed by atoms with van der Waals surface area (Å²) < 4.78 is 8.45. The van der Waals surface area contributed by atoms with E-state index in [0.717, 1.165) is 42.6 Å². The van der Waals surface area contributed by atoms with Crippen LogP contribution < -0.4 is 0 Å². The van der Waals surface area contributed by atoms with E-state index in [-0.39, 0.29) is 16.7 Å². The number of aliphatic hydroxyl groups is 1. The van der Waals surface area contributed by atoms with Crippen molar-refractivity contribution < 1.29 is 14.6 Å². The number of cyclic esters (lactones) is 1. The first kappa shape index (κ1) is 26.0. The topological polar surface area (TPSA) is 64.3 Å². The molecule has 1 atom stereocenters. The lowest BCUT2D eigenvalue weighted by Gasteiger charge is -2.42. The summed E-state index contributed by atoms with van der Waals surface area (Å²) in [5.74, 6) is 0.922. The van der Waals surface area contributed by atoms with Gasteiger partial charge in [0.1, 0.15) is 16.3 Å². The molecular weight excluding hydrogens is 492 g/mol. The maximum atomic E-state index is 13.5. The highest BCUT2D eigenvalue weighted by Gasteiger charge is 2.48. The summed E-state index contributed by atoms with van der Waals surface area (Å²) in [6.07, 6.45) is 14.8. The molecule has 0 spiro atoms. The summed E-state index contributed by atoms with van der Waals surface area (Å²) in [7, 11) is 0. The second-order valence-corrected chi connectivity index (χ2v) is 12.8. The zero-order chi connectivity index (χ0) is 25.3. The van der Waals surface area contributed by atoms with Gasteiger partial charge in [-0.05, 0) is 81.3 Å². The third-order valence-electron chi connectivity index (χ3n) is 8.58. The molecule has 7 heteroatoms. The van der Waals surface area contributed by atoms with Crippen molar-refractivity contribution in [2.75, 3.05) is 0 Å². The van der Waals surface area contributed by atoms with Crippen molar-refractivity contribution in [1.82, 2.24) is 9.55 Å². The molecule has 0 amide bonds. The van der Waals surface area contributed by atoms with Crippen LogP contribution in [0.2, 0.25) is 5.02 Å². The molecule has 2 heterocycles. The van der Waals surface area contributed by atoms with Crippen molar-refractivity contribution in [3.05, 3.63) is 33.9 Å². The number of fused-ring (bicyclic) bond motifs is 1. The van der Waals surface area contributed by atoms with E-state index in [1.165, 1.54) is 63.1 Å². The Labute approximate surface area is 224 Å². The molecular formula is C29H39ClN2O3S. The van der Waals surface area contributed by atoms with Gasteiger partial charge in [0.2, 0.25) is 0 Å². The minimum atomic E-state index is -0.567. The number of hydrogen-bond donors (Lipinski definition) is 1.